The molecule has 6 heteroatoms. The summed E-state index contributed by atoms with van der Waals surface area (Å²) in [6.45, 7) is 6.50. The van der Waals surface area contributed by atoms with Gasteiger partial charge in [-0.15, -0.1) is 22.7 Å². The van der Waals surface area contributed by atoms with E-state index in [0.29, 0.717) is 4.34 Å². The first-order chi connectivity index (χ1) is 8.41. The molecule has 0 amide bonds. The minimum absolute atomic E-state index is 0.0311. The first kappa shape index (κ1) is 13.9. The zero-order valence-corrected chi connectivity index (χ0v) is 13.2. The summed E-state index contributed by atoms with van der Waals surface area (Å²) in [6.07, 6.45) is 1.68. The van der Waals surface area contributed by atoms with Crippen LogP contribution in [0.15, 0.2) is 11.6 Å². The molecule has 2 rings (SSSR count). The van der Waals surface area contributed by atoms with Crippen LogP contribution in [0.5, 0.6) is 0 Å². The minimum Gasteiger partial charge on any atom is -0.305 e. The molecule has 0 aliphatic carbocycles. The number of aromatic nitrogens is 2. The lowest BCUT2D eigenvalue weighted by Crippen LogP contribution is -2.18. The highest BCUT2D eigenvalue weighted by Crippen LogP contribution is 2.32. The van der Waals surface area contributed by atoms with Gasteiger partial charge in [-0.25, -0.2) is 9.97 Å². The number of thiazole rings is 2. The zero-order valence-electron chi connectivity index (χ0n) is 10.8. The van der Waals surface area contributed by atoms with Crippen LogP contribution in [0.3, 0.4) is 0 Å². The van der Waals surface area contributed by atoms with Crippen LogP contribution in [0.25, 0.3) is 0 Å². The lowest BCUT2D eigenvalue weighted by Gasteiger charge is -2.15. The van der Waals surface area contributed by atoms with Gasteiger partial charge >= 0.3 is 0 Å². The SMILES string of the molecule is CNC(c1nc(C(C)(C)C)cs1)c1ncc(Cl)s1. The fourth-order valence-corrected chi connectivity index (χ4v) is 3.79. The Kier molecular flexibility index (Phi) is 4.06. The lowest BCUT2D eigenvalue weighted by atomic mass is 9.93. The zero-order chi connectivity index (χ0) is 13.3. The van der Waals surface area contributed by atoms with E-state index in [0.717, 1.165) is 15.7 Å². The Bertz CT molecular complexity index is 527. The van der Waals surface area contributed by atoms with Crippen LogP contribution >= 0.6 is 34.3 Å². The maximum Gasteiger partial charge on any atom is 0.118 e. The van der Waals surface area contributed by atoms with Crippen LogP contribution in [-0.2, 0) is 5.41 Å². The highest BCUT2D eigenvalue weighted by atomic mass is 35.5. The van der Waals surface area contributed by atoms with Gasteiger partial charge in [-0.05, 0) is 7.05 Å². The molecule has 3 nitrogen and oxygen atoms in total. The molecular formula is C12H16ClN3S2. The molecule has 0 saturated heterocycles. The largest absolute Gasteiger partial charge is 0.305 e. The predicted octanol–water partition coefficient (Wildman–Crippen LogP) is 3.86. The van der Waals surface area contributed by atoms with Crippen molar-refractivity contribution in [3.05, 3.63) is 31.6 Å². The Morgan fingerprint density at radius 1 is 1.33 bits per heavy atom. The molecule has 0 bridgehead atoms. The van der Waals surface area contributed by atoms with Gasteiger partial charge in [0, 0.05) is 10.8 Å². The molecule has 2 aromatic rings. The summed E-state index contributed by atoms with van der Waals surface area (Å²) in [4.78, 5) is 9.04. The van der Waals surface area contributed by atoms with Crippen LogP contribution in [0.4, 0.5) is 0 Å². The van der Waals surface area contributed by atoms with E-state index in [1.54, 1.807) is 17.5 Å². The lowest BCUT2D eigenvalue weighted by molar-refractivity contribution is 0.566. The van der Waals surface area contributed by atoms with Gasteiger partial charge < -0.3 is 5.32 Å². The van der Waals surface area contributed by atoms with Gasteiger partial charge in [0.1, 0.15) is 20.4 Å². The molecule has 1 N–H and O–H groups in total. The molecule has 0 aliphatic heterocycles. The maximum absolute atomic E-state index is 5.94. The van der Waals surface area contributed by atoms with Gasteiger partial charge in [0.05, 0.1) is 11.9 Å². The van der Waals surface area contributed by atoms with Crippen LogP contribution in [0.1, 0.15) is 42.5 Å². The molecule has 0 aromatic carbocycles. The van der Waals surface area contributed by atoms with Crippen molar-refractivity contribution in [3.63, 3.8) is 0 Å². The number of hydrogen-bond acceptors (Lipinski definition) is 5. The fourth-order valence-electron chi connectivity index (χ4n) is 1.52. The Labute approximate surface area is 120 Å². The summed E-state index contributed by atoms with van der Waals surface area (Å²) in [5.41, 5.74) is 1.19. The second-order valence-corrected chi connectivity index (χ2v) is 7.63. The van der Waals surface area contributed by atoms with Gasteiger partial charge in [0.25, 0.3) is 0 Å². The van der Waals surface area contributed by atoms with E-state index < -0.39 is 0 Å². The normalized spacial score (nSPS) is 13.8. The molecule has 0 radical (unpaired) electrons. The Balaban J connectivity index is 2.31. The molecule has 2 aromatic heterocycles. The quantitative estimate of drug-likeness (QED) is 0.935. The van der Waals surface area contributed by atoms with E-state index in [1.807, 2.05) is 7.05 Å². The van der Waals surface area contributed by atoms with Crippen molar-refractivity contribution in [3.8, 4) is 0 Å². The van der Waals surface area contributed by atoms with E-state index in [-0.39, 0.29) is 11.5 Å². The number of hydrogen-bond donors (Lipinski definition) is 1. The Morgan fingerprint density at radius 3 is 2.50 bits per heavy atom. The summed E-state index contributed by atoms with van der Waals surface area (Å²) >= 11 is 9.09. The Morgan fingerprint density at radius 2 is 2.06 bits per heavy atom. The summed E-state index contributed by atoms with van der Waals surface area (Å²) in [7, 11) is 1.91. The molecule has 0 fully saturated rings. The van der Waals surface area contributed by atoms with Gasteiger partial charge in [0.15, 0.2) is 0 Å². The van der Waals surface area contributed by atoms with E-state index >= 15 is 0 Å². The average Bonchev–Trinajstić information content (AvgIpc) is 2.88. The molecule has 0 spiro atoms. The van der Waals surface area contributed by atoms with Gasteiger partial charge in [0.2, 0.25) is 0 Å². The third-order valence-electron chi connectivity index (χ3n) is 2.57. The number of halogens is 1. The molecule has 0 saturated carbocycles. The summed E-state index contributed by atoms with van der Waals surface area (Å²) in [6, 6.07) is 0.0311. The van der Waals surface area contributed by atoms with Crippen molar-refractivity contribution in [1.29, 1.82) is 0 Å². The molecular weight excluding hydrogens is 286 g/mol. The Hall–Kier alpha value is -0.490. The van der Waals surface area contributed by atoms with Gasteiger partial charge in [-0.1, -0.05) is 32.4 Å². The molecule has 1 atom stereocenters. The molecule has 1 unspecified atom stereocenters. The highest BCUT2D eigenvalue weighted by Gasteiger charge is 2.23. The first-order valence-corrected chi connectivity index (χ1v) is 7.73. The maximum atomic E-state index is 5.94. The predicted molar refractivity (Wildman–Crippen MR) is 78.8 cm³/mol. The van der Waals surface area contributed by atoms with Gasteiger partial charge in [-0.2, -0.15) is 0 Å². The smallest absolute Gasteiger partial charge is 0.118 e. The molecule has 2 heterocycles. The van der Waals surface area contributed by atoms with Crippen LogP contribution < -0.4 is 5.32 Å². The standard InChI is InChI=1S/C12H16ClN3S2/c1-12(2,3)7-6-17-11(16-7)9(14-4)10-15-5-8(13)18-10/h5-6,9,14H,1-4H3. The van der Waals surface area contributed by atoms with E-state index in [1.165, 1.54) is 11.3 Å². The van der Waals surface area contributed by atoms with Crippen molar-refractivity contribution < 1.29 is 0 Å². The third kappa shape index (κ3) is 2.91. The minimum atomic E-state index is 0.0311. The monoisotopic (exact) mass is 301 g/mol. The summed E-state index contributed by atoms with van der Waals surface area (Å²) in [5, 5.41) is 7.36. The average molecular weight is 302 g/mol. The second-order valence-electron chi connectivity index (χ2n) is 5.05. The molecule has 98 valence electrons. The van der Waals surface area contributed by atoms with E-state index in [2.05, 4.69) is 36.5 Å². The van der Waals surface area contributed by atoms with Crippen molar-refractivity contribution in [2.45, 2.75) is 32.2 Å². The topological polar surface area (TPSA) is 37.8 Å². The highest BCUT2D eigenvalue weighted by molar-refractivity contribution is 7.16. The van der Waals surface area contributed by atoms with Crippen molar-refractivity contribution in [2.24, 2.45) is 0 Å². The third-order valence-corrected chi connectivity index (χ3v) is 4.66. The fraction of sp³-hybridized carbons (Fsp3) is 0.500. The van der Waals surface area contributed by atoms with Crippen molar-refractivity contribution >= 4 is 34.3 Å². The first-order valence-electron chi connectivity index (χ1n) is 5.66. The van der Waals surface area contributed by atoms with Gasteiger partial charge in [-0.3, -0.25) is 0 Å². The van der Waals surface area contributed by atoms with Crippen molar-refractivity contribution in [2.75, 3.05) is 7.05 Å². The molecule has 0 aliphatic rings. The van der Waals surface area contributed by atoms with Crippen molar-refractivity contribution in [1.82, 2.24) is 15.3 Å². The van der Waals surface area contributed by atoms with Crippen LogP contribution in [0.2, 0.25) is 4.34 Å². The number of rotatable bonds is 3. The van der Waals surface area contributed by atoms with Crippen LogP contribution in [-0.4, -0.2) is 17.0 Å². The van der Waals surface area contributed by atoms with E-state index in [4.69, 9.17) is 16.6 Å². The van der Waals surface area contributed by atoms with E-state index in [9.17, 15) is 0 Å². The second kappa shape index (κ2) is 5.25. The number of nitrogens with zero attached hydrogens (tertiary/aromatic N) is 2. The van der Waals surface area contributed by atoms with Crippen LogP contribution in [0, 0.1) is 0 Å². The molecule has 18 heavy (non-hydrogen) atoms. The summed E-state index contributed by atoms with van der Waals surface area (Å²) in [5.74, 6) is 0. The summed E-state index contributed by atoms with van der Waals surface area (Å²) < 4.78 is 0.706. The number of nitrogens with one attached hydrogen (secondary N) is 1.